The Balaban J connectivity index is 1.79. The maximum atomic E-state index is 12.2. The van der Waals surface area contributed by atoms with Crippen LogP contribution < -0.4 is 11.1 Å². The van der Waals surface area contributed by atoms with Gasteiger partial charge in [0.15, 0.2) is 0 Å². The monoisotopic (exact) mass is 267 g/mol. The molecule has 1 heterocycles. The molecule has 110 valence electrons. The summed E-state index contributed by atoms with van der Waals surface area (Å²) in [4.78, 5) is 14.4. The number of likely N-dealkylation sites (tertiary alicyclic amines) is 1. The van der Waals surface area contributed by atoms with Crippen molar-refractivity contribution >= 4 is 5.91 Å². The predicted octanol–water partition coefficient (Wildman–Crippen LogP) is 1.49. The van der Waals surface area contributed by atoms with Gasteiger partial charge in [-0.2, -0.15) is 0 Å². The molecule has 2 rings (SSSR count). The van der Waals surface area contributed by atoms with Gasteiger partial charge in [0, 0.05) is 18.6 Å². The summed E-state index contributed by atoms with van der Waals surface area (Å²) in [5, 5.41) is 3.20. The molecule has 0 spiro atoms. The molecule has 1 aliphatic heterocycles. The van der Waals surface area contributed by atoms with E-state index in [4.69, 9.17) is 5.73 Å². The molecule has 0 aromatic carbocycles. The van der Waals surface area contributed by atoms with Crippen LogP contribution in [0.1, 0.15) is 51.9 Å². The van der Waals surface area contributed by atoms with Crippen molar-refractivity contribution in [1.82, 2.24) is 10.2 Å². The third-order valence-corrected chi connectivity index (χ3v) is 4.79. The van der Waals surface area contributed by atoms with Gasteiger partial charge in [0.1, 0.15) is 0 Å². The largest absolute Gasteiger partial charge is 0.352 e. The molecule has 3 N–H and O–H groups in total. The van der Waals surface area contributed by atoms with Crippen LogP contribution in [0.4, 0.5) is 0 Å². The summed E-state index contributed by atoms with van der Waals surface area (Å²) in [5.41, 5.74) is 5.87. The molecule has 0 aromatic rings. The fraction of sp³-hybridized carbons (Fsp3) is 0.933. The van der Waals surface area contributed by atoms with Gasteiger partial charge in [-0.1, -0.05) is 26.2 Å². The minimum atomic E-state index is 0.194. The van der Waals surface area contributed by atoms with Crippen LogP contribution in [0, 0.1) is 5.92 Å². The third kappa shape index (κ3) is 4.18. The van der Waals surface area contributed by atoms with Crippen molar-refractivity contribution in [3.8, 4) is 0 Å². The van der Waals surface area contributed by atoms with Gasteiger partial charge in [-0.3, -0.25) is 9.69 Å². The number of piperidine rings is 1. The second-order valence-electron chi connectivity index (χ2n) is 6.30. The lowest BCUT2D eigenvalue weighted by atomic mass is 9.91. The van der Waals surface area contributed by atoms with Gasteiger partial charge in [0.2, 0.25) is 5.91 Å². The van der Waals surface area contributed by atoms with Gasteiger partial charge in [0.25, 0.3) is 0 Å². The molecule has 19 heavy (non-hydrogen) atoms. The van der Waals surface area contributed by atoms with Gasteiger partial charge < -0.3 is 11.1 Å². The summed E-state index contributed by atoms with van der Waals surface area (Å²) in [7, 11) is 0. The molecule has 2 unspecified atom stereocenters. The van der Waals surface area contributed by atoms with Gasteiger partial charge in [0.05, 0.1) is 6.54 Å². The lowest BCUT2D eigenvalue weighted by Gasteiger charge is -2.39. The van der Waals surface area contributed by atoms with Crippen LogP contribution in [-0.4, -0.2) is 42.5 Å². The molecule has 1 amide bonds. The van der Waals surface area contributed by atoms with Gasteiger partial charge in [-0.15, -0.1) is 0 Å². The third-order valence-electron chi connectivity index (χ3n) is 4.79. The number of nitrogens with one attached hydrogen (secondary N) is 1. The Morgan fingerprint density at radius 2 is 1.95 bits per heavy atom. The molecule has 0 radical (unpaired) electrons. The first-order valence-corrected chi connectivity index (χ1v) is 7.94. The summed E-state index contributed by atoms with van der Waals surface area (Å²) < 4.78 is 0. The minimum absolute atomic E-state index is 0.194. The van der Waals surface area contributed by atoms with Crippen molar-refractivity contribution in [1.29, 1.82) is 0 Å². The van der Waals surface area contributed by atoms with Crippen molar-refractivity contribution in [3.05, 3.63) is 0 Å². The van der Waals surface area contributed by atoms with Crippen LogP contribution in [0.3, 0.4) is 0 Å². The van der Waals surface area contributed by atoms with E-state index in [1.807, 2.05) is 0 Å². The zero-order chi connectivity index (χ0) is 13.7. The SMILES string of the molecule is CC1CCCN(CC(=O)NC2CCCCC2)C1CN. The van der Waals surface area contributed by atoms with Crippen LogP contribution in [0.25, 0.3) is 0 Å². The molecule has 0 aromatic heterocycles. The fourth-order valence-corrected chi connectivity index (χ4v) is 3.62. The Kier molecular flexibility index (Phi) is 5.64. The van der Waals surface area contributed by atoms with Gasteiger partial charge in [-0.05, 0) is 38.1 Å². The van der Waals surface area contributed by atoms with E-state index in [1.54, 1.807) is 0 Å². The normalized spacial score (nSPS) is 30.2. The Bertz CT molecular complexity index is 289. The first-order valence-electron chi connectivity index (χ1n) is 7.94. The van der Waals surface area contributed by atoms with Crippen molar-refractivity contribution in [2.75, 3.05) is 19.6 Å². The topological polar surface area (TPSA) is 58.4 Å². The zero-order valence-electron chi connectivity index (χ0n) is 12.2. The summed E-state index contributed by atoms with van der Waals surface area (Å²) >= 11 is 0. The number of nitrogens with zero attached hydrogens (tertiary/aromatic N) is 1. The van der Waals surface area contributed by atoms with Crippen LogP contribution in [0.5, 0.6) is 0 Å². The number of carbonyl (C=O) groups is 1. The van der Waals surface area contributed by atoms with E-state index in [2.05, 4.69) is 17.1 Å². The van der Waals surface area contributed by atoms with E-state index in [0.29, 0.717) is 31.1 Å². The quantitative estimate of drug-likeness (QED) is 0.811. The van der Waals surface area contributed by atoms with Crippen molar-refractivity contribution < 1.29 is 4.79 Å². The molecular weight excluding hydrogens is 238 g/mol. The van der Waals surface area contributed by atoms with E-state index >= 15 is 0 Å². The van der Waals surface area contributed by atoms with E-state index in [1.165, 1.54) is 32.1 Å². The number of hydrogen-bond acceptors (Lipinski definition) is 3. The first kappa shape index (κ1) is 14.8. The number of amides is 1. The minimum Gasteiger partial charge on any atom is -0.352 e. The highest BCUT2D eigenvalue weighted by Crippen LogP contribution is 2.22. The number of rotatable bonds is 4. The zero-order valence-corrected chi connectivity index (χ0v) is 12.2. The summed E-state index contributed by atoms with van der Waals surface area (Å²) in [6, 6.07) is 0.797. The van der Waals surface area contributed by atoms with Crippen LogP contribution in [0.2, 0.25) is 0 Å². The first-order chi connectivity index (χ1) is 9.20. The molecule has 4 heteroatoms. The highest BCUT2D eigenvalue weighted by Gasteiger charge is 2.29. The average molecular weight is 267 g/mol. The van der Waals surface area contributed by atoms with Gasteiger partial charge >= 0.3 is 0 Å². The molecule has 4 nitrogen and oxygen atoms in total. The summed E-state index contributed by atoms with van der Waals surface area (Å²) in [6.45, 7) is 4.47. The van der Waals surface area contributed by atoms with E-state index in [-0.39, 0.29) is 5.91 Å². The molecular formula is C15H29N3O. The van der Waals surface area contributed by atoms with Crippen molar-refractivity contribution in [2.24, 2.45) is 11.7 Å². The smallest absolute Gasteiger partial charge is 0.234 e. The molecule has 1 saturated carbocycles. The average Bonchev–Trinajstić information content (AvgIpc) is 2.40. The highest BCUT2D eigenvalue weighted by molar-refractivity contribution is 5.78. The summed E-state index contributed by atoms with van der Waals surface area (Å²) in [5.74, 6) is 0.806. The Morgan fingerprint density at radius 1 is 1.21 bits per heavy atom. The standard InChI is InChI=1S/C15H29N3O/c1-12-6-5-9-18(14(12)10-16)11-15(19)17-13-7-3-2-4-8-13/h12-14H,2-11,16H2,1H3,(H,17,19). The predicted molar refractivity (Wildman–Crippen MR) is 77.8 cm³/mol. The second-order valence-corrected chi connectivity index (χ2v) is 6.30. The highest BCUT2D eigenvalue weighted by atomic mass is 16.2. The molecule has 1 saturated heterocycles. The molecule has 2 aliphatic rings. The van der Waals surface area contributed by atoms with E-state index in [9.17, 15) is 4.79 Å². The second kappa shape index (κ2) is 7.25. The van der Waals surface area contributed by atoms with E-state index in [0.717, 1.165) is 19.4 Å². The Hall–Kier alpha value is -0.610. The number of carbonyl (C=O) groups excluding carboxylic acids is 1. The maximum absolute atomic E-state index is 12.2. The number of nitrogens with two attached hydrogens (primary N) is 1. The number of hydrogen-bond donors (Lipinski definition) is 2. The molecule has 0 bridgehead atoms. The van der Waals surface area contributed by atoms with Crippen LogP contribution in [0.15, 0.2) is 0 Å². The fourth-order valence-electron chi connectivity index (χ4n) is 3.62. The Labute approximate surface area is 117 Å². The Morgan fingerprint density at radius 3 is 2.63 bits per heavy atom. The summed E-state index contributed by atoms with van der Waals surface area (Å²) in [6.07, 6.45) is 8.58. The molecule has 2 fully saturated rings. The maximum Gasteiger partial charge on any atom is 0.234 e. The lowest BCUT2D eigenvalue weighted by molar-refractivity contribution is -0.124. The van der Waals surface area contributed by atoms with Gasteiger partial charge in [-0.25, -0.2) is 0 Å². The lowest BCUT2D eigenvalue weighted by Crippen LogP contribution is -2.52. The molecule has 1 aliphatic carbocycles. The van der Waals surface area contributed by atoms with E-state index < -0.39 is 0 Å². The van der Waals surface area contributed by atoms with Crippen LogP contribution >= 0.6 is 0 Å². The van der Waals surface area contributed by atoms with Crippen molar-refractivity contribution in [3.63, 3.8) is 0 Å². The van der Waals surface area contributed by atoms with Crippen LogP contribution in [-0.2, 0) is 4.79 Å². The molecule has 2 atom stereocenters. The van der Waals surface area contributed by atoms with Crippen molar-refractivity contribution in [2.45, 2.75) is 64.0 Å².